The molecule has 5 heteroatoms. The highest BCUT2D eigenvalue weighted by Gasteiger charge is 2.08. The fraction of sp³-hybridized carbons (Fsp3) is 0.200. The zero-order valence-corrected chi connectivity index (χ0v) is 12.2. The van der Waals surface area contributed by atoms with Gasteiger partial charge in [0.2, 0.25) is 0 Å². The summed E-state index contributed by atoms with van der Waals surface area (Å²) in [5.41, 5.74) is 2.20. The average Bonchev–Trinajstić information content (AvgIpc) is 2.43. The molecule has 0 aliphatic heterocycles. The third kappa shape index (κ3) is 3.48. The van der Waals surface area contributed by atoms with Crippen LogP contribution < -0.4 is 10.6 Å². The fourth-order valence-corrected chi connectivity index (χ4v) is 1.90. The van der Waals surface area contributed by atoms with Crippen LogP contribution in [-0.4, -0.2) is 17.4 Å². The van der Waals surface area contributed by atoms with Crippen LogP contribution in [0, 0.1) is 6.92 Å². The minimum atomic E-state index is -0.188. The quantitative estimate of drug-likeness (QED) is 0.902. The summed E-state index contributed by atoms with van der Waals surface area (Å²) in [5.74, 6) is 0.494. The fourth-order valence-electron chi connectivity index (χ4n) is 1.72. The second-order valence-corrected chi connectivity index (χ2v) is 4.79. The summed E-state index contributed by atoms with van der Waals surface area (Å²) >= 11 is 6.04. The molecule has 0 bridgehead atoms. The van der Waals surface area contributed by atoms with Crippen molar-refractivity contribution in [3.63, 3.8) is 0 Å². The van der Waals surface area contributed by atoms with Gasteiger partial charge in [0.05, 0.1) is 0 Å². The number of nitrogens with one attached hydrogen (secondary N) is 2. The van der Waals surface area contributed by atoms with Crippen molar-refractivity contribution in [3.05, 3.63) is 52.7 Å². The number of carbonyl (C=O) groups excluding carboxylic acids is 1. The monoisotopic (exact) mass is 289 g/mol. The van der Waals surface area contributed by atoms with Gasteiger partial charge in [0, 0.05) is 29.0 Å². The van der Waals surface area contributed by atoms with E-state index in [4.69, 9.17) is 11.6 Å². The minimum Gasteiger partial charge on any atom is -0.370 e. The number of pyridine rings is 1. The molecular weight excluding hydrogens is 274 g/mol. The lowest BCUT2D eigenvalue weighted by Crippen LogP contribution is -2.12. The van der Waals surface area contributed by atoms with Gasteiger partial charge in [0.1, 0.15) is 5.82 Å². The molecule has 0 spiro atoms. The van der Waals surface area contributed by atoms with E-state index in [1.54, 1.807) is 24.4 Å². The summed E-state index contributed by atoms with van der Waals surface area (Å²) < 4.78 is 0. The molecule has 2 aromatic rings. The maximum Gasteiger partial charge on any atom is 0.255 e. The number of aromatic nitrogens is 1. The van der Waals surface area contributed by atoms with E-state index in [1.165, 1.54) is 0 Å². The van der Waals surface area contributed by atoms with Gasteiger partial charge in [-0.05, 0) is 43.7 Å². The largest absolute Gasteiger partial charge is 0.370 e. The van der Waals surface area contributed by atoms with Gasteiger partial charge in [-0.2, -0.15) is 0 Å². The lowest BCUT2D eigenvalue weighted by Gasteiger charge is -2.08. The van der Waals surface area contributed by atoms with Crippen LogP contribution in [0.15, 0.2) is 36.5 Å². The van der Waals surface area contributed by atoms with E-state index in [1.807, 2.05) is 26.0 Å². The topological polar surface area (TPSA) is 54.0 Å². The first-order chi connectivity index (χ1) is 9.60. The van der Waals surface area contributed by atoms with E-state index in [0.717, 1.165) is 12.1 Å². The second kappa shape index (κ2) is 6.39. The van der Waals surface area contributed by atoms with Gasteiger partial charge in [0.15, 0.2) is 0 Å². The molecule has 0 aliphatic rings. The lowest BCUT2D eigenvalue weighted by molar-refractivity contribution is 0.102. The highest BCUT2D eigenvalue weighted by molar-refractivity contribution is 6.31. The van der Waals surface area contributed by atoms with E-state index in [9.17, 15) is 4.79 Å². The molecule has 1 aromatic carbocycles. The molecule has 1 aromatic heterocycles. The summed E-state index contributed by atoms with van der Waals surface area (Å²) in [5, 5.41) is 6.52. The molecule has 4 nitrogen and oxygen atoms in total. The number of amides is 1. The van der Waals surface area contributed by atoms with E-state index >= 15 is 0 Å². The summed E-state index contributed by atoms with van der Waals surface area (Å²) in [7, 11) is 0. The lowest BCUT2D eigenvalue weighted by atomic mass is 10.2. The summed E-state index contributed by atoms with van der Waals surface area (Å²) in [6.45, 7) is 4.65. The number of nitrogens with zero attached hydrogens (tertiary/aromatic N) is 1. The molecule has 0 radical (unpaired) electrons. The van der Waals surface area contributed by atoms with Crippen molar-refractivity contribution in [1.82, 2.24) is 4.98 Å². The zero-order chi connectivity index (χ0) is 14.5. The molecule has 0 unspecified atom stereocenters. The number of anilines is 2. The first kappa shape index (κ1) is 14.3. The average molecular weight is 290 g/mol. The third-order valence-electron chi connectivity index (χ3n) is 2.81. The van der Waals surface area contributed by atoms with E-state index in [-0.39, 0.29) is 5.91 Å². The maximum absolute atomic E-state index is 12.2. The highest BCUT2D eigenvalue weighted by atomic mass is 35.5. The van der Waals surface area contributed by atoms with Gasteiger partial charge < -0.3 is 10.6 Å². The summed E-state index contributed by atoms with van der Waals surface area (Å²) in [6.07, 6.45) is 1.61. The van der Waals surface area contributed by atoms with Gasteiger partial charge in [-0.3, -0.25) is 4.79 Å². The van der Waals surface area contributed by atoms with Gasteiger partial charge in [-0.1, -0.05) is 17.7 Å². The predicted molar refractivity (Wildman–Crippen MR) is 82.5 cm³/mol. The van der Waals surface area contributed by atoms with E-state index in [2.05, 4.69) is 15.6 Å². The van der Waals surface area contributed by atoms with Crippen molar-refractivity contribution in [2.75, 3.05) is 17.2 Å². The van der Waals surface area contributed by atoms with Crippen molar-refractivity contribution >= 4 is 29.0 Å². The first-order valence-corrected chi connectivity index (χ1v) is 6.75. The van der Waals surface area contributed by atoms with Crippen LogP contribution in [0.3, 0.4) is 0 Å². The van der Waals surface area contributed by atoms with Crippen LogP contribution in [0.1, 0.15) is 22.8 Å². The van der Waals surface area contributed by atoms with Gasteiger partial charge >= 0.3 is 0 Å². The Labute approximate surface area is 123 Å². The number of hydrogen-bond acceptors (Lipinski definition) is 3. The van der Waals surface area contributed by atoms with Crippen molar-refractivity contribution < 1.29 is 4.79 Å². The maximum atomic E-state index is 12.2. The summed E-state index contributed by atoms with van der Waals surface area (Å²) in [4.78, 5) is 16.3. The molecule has 0 aliphatic carbocycles. The number of carbonyl (C=O) groups is 1. The van der Waals surface area contributed by atoms with Gasteiger partial charge in [0.25, 0.3) is 5.91 Å². The molecule has 20 heavy (non-hydrogen) atoms. The minimum absolute atomic E-state index is 0.188. The van der Waals surface area contributed by atoms with Crippen molar-refractivity contribution in [2.24, 2.45) is 0 Å². The molecule has 0 atom stereocenters. The molecule has 104 valence electrons. The van der Waals surface area contributed by atoms with Crippen molar-refractivity contribution in [3.8, 4) is 0 Å². The SMILES string of the molecule is CCNc1cc(C(=O)Nc2ccc(C)c(Cl)c2)ccn1. The van der Waals surface area contributed by atoms with E-state index in [0.29, 0.717) is 22.1 Å². The Morgan fingerprint density at radius 1 is 1.30 bits per heavy atom. The first-order valence-electron chi connectivity index (χ1n) is 6.37. The van der Waals surface area contributed by atoms with Crippen LogP contribution in [0.4, 0.5) is 11.5 Å². The highest BCUT2D eigenvalue weighted by Crippen LogP contribution is 2.20. The third-order valence-corrected chi connectivity index (χ3v) is 3.22. The second-order valence-electron chi connectivity index (χ2n) is 4.38. The number of rotatable bonds is 4. The van der Waals surface area contributed by atoms with Crippen LogP contribution in [0.25, 0.3) is 0 Å². The van der Waals surface area contributed by atoms with Crippen molar-refractivity contribution in [1.29, 1.82) is 0 Å². The smallest absolute Gasteiger partial charge is 0.255 e. The summed E-state index contributed by atoms with van der Waals surface area (Å²) in [6, 6.07) is 8.82. The molecule has 1 heterocycles. The Hall–Kier alpha value is -2.07. The predicted octanol–water partition coefficient (Wildman–Crippen LogP) is 3.73. The Bertz CT molecular complexity index is 628. The molecule has 0 saturated carbocycles. The molecule has 0 fully saturated rings. The number of benzene rings is 1. The molecule has 0 saturated heterocycles. The van der Waals surface area contributed by atoms with Gasteiger partial charge in [-0.25, -0.2) is 4.98 Å². The number of halogens is 1. The van der Waals surface area contributed by atoms with Gasteiger partial charge in [-0.15, -0.1) is 0 Å². The molecule has 1 amide bonds. The standard InChI is InChI=1S/C15H16ClN3O/c1-3-17-14-8-11(6-7-18-14)15(20)19-12-5-4-10(2)13(16)9-12/h4-9H,3H2,1-2H3,(H,17,18)(H,19,20). The number of hydrogen-bond donors (Lipinski definition) is 2. The Morgan fingerprint density at radius 2 is 2.10 bits per heavy atom. The molecule has 2 N–H and O–H groups in total. The van der Waals surface area contributed by atoms with Crippen LogP contribution in [0.2, 0.25) is 5.02 Å². The Balaban J connectivity index is 2.15. The Kier molecular flexibility index (Phi) is 4.58. The van der Waals surface area contributed by atoms with Crippen LogP contribution >= 0.6 is 11.6 Å². The number of aryl methyl sites for hydroxylation is 1. The zero-order valence-electron chi connectivity index (χ0n) is 11.4. The van der Waals surface area contributed by atoms with E-state index < -0.39 is 0 Å². The van der Waals surface area contributed by atoms with Crippen molar-refractivity contribution in [2.45, 2.75) is 13.8 Å². The molecule has 2 rings (SSSR count). The van der Waals surface area contributed by atoms with Crippen LogP contribution in [-0.2, 0) is 0 Å². The van der Waals surface area contributed by atoms with Crippen LogP contribution in [0.5, 0.6) is 0 Å². The normalized spacial score (nSPS) is 10.2. The molecular formula is C15H16ClN3O. The Morgan fingerprint density at radius 3 is 2.80 bits per heavy atom.